The van der Waals surface area contributed by atoms with Crippen LogP contribution in [0.25, 0.3) is 0 Å². The van der Waals surface area contributed by atoms with E-state index in [0.717, 1.165) is 18.2 Å². The number of rotatable bonds is 3. The van der Waals surface area contributed by atoms with Crippen molar-refractivity contribution in [2.45, 2.75) is 12.9 Å². The van der Waals surface area contributed by atoms with E-state index in [1.165, 1.54) is 0 Å². The fourth-order valence-corrected chi connectivity index (χ4v) is 1.12. The van der Waals surface area contributed by atoms with E-state index in [1.807, 2.05) is 0 Å². The molecule has 0 bridgehead atoms. The molecule has 0 aliphatic carbocycles. The van der Waals surface area contributed by atoms with E-state index in [-0.39, 0.29) is 5.56 Å². The molecule has 104 valence electrons. The van der Waals surface area contributed by atoms with Crippen LogP contribution in [0.1, 0.15) is 5.56 Å². The first kappa shape index (κ1) is 14.7. The van der Waals surface area contributed by atoms with E-state index in [4.69, 9.17) is 0 Å². The van der Waals surface area contributed by atoms with Crippen molar-refractivity contribution < 1.29 is 32.0 Å². The lowest BCUT2D eigenvalue weighted by Gasteiger charge is -2.09. The number of halogens is 4. The molecule has 0 saturated carbocycles. The van der Waals surface area contributed by atoms with Crippen LogP contribution in [0.4, 0.5) is 28.0 Å². The summed E-state index contributed by atoms with van der Waals surface area (Å²) in [6.45, 7) is -0.678. The van der Waals surface area contributed by atoms with Crippen LogP contribution in [-0.4, -0.2) is 17.4 Å². The van der Waals surface area contributed by atoms with E-state index in [0.29, 0.717) is 0 Å². The smallest absolute Gasteiger partial charge is 0.356 e. The number of hydrogen-bond donors (Lipinski definition) is 1. The molecule has 0 unspecified atom stereocenters. The molecule has 0 radical (unpaired) electrons. The lowest BCUT2D eigenvalue weighted by Crippen LogP contribution is -2.30. The summed E-state index contributed by atoms with van der Waals surface area (Å²) in [6, 6.07) is 2.44. The number of carbonyl (C=O) groups excluding carboxylic acids is 1. The highest BCUT2D eigenvalue weighted by Gasteiger charge is 2.33. The number of carbonyl (C=O) groups is 1. The summed E-state index contributed by atoms with van der Waals surface area (Å²) in [7, 11) is 0. The molecule has 0 heterocycles. The van der Waals surface area contributed by atoms with Gasteiger partial charge < -0.3 is 10.1 Å². The summed E-state index contributed by atoms with van der Waals surface area (Å²) in [5, 5.41) is 12.0. The highest BCUT2D eigenvalue weighted by atomic mass is 19.4. The molecule has 0 fully saturated rings. The SMILES string of the molecule is O=C(NCc1cc([N+](=O)[O-])ccc1F)OC(F)(F)F. The minimum absolute atomic E-state index is 0.340. The van der Waals surface area contributed by atoms with Crippen LogP contribution in [0.15, 0.2) is 18.2 Å². The van der Waals surface area contributed by atoms with Gasteiger partial charge in [0.05, 0.1) is 4.92 Å². The van der Waals surface area contributed by atoms with Gasteiger partial charge in [-0.2, -0.15) is 0 Å². The molecule has 1 N–H and O–H groups in total. The van der Waals surface area contributed by atoms with E-state index >= 15 is 0 Å². The second-order valence-corrected chi connectivity index (χ2v) is 3.22. The summed E-state index contributed by atoms with van der Waals surface area (Å²) >= 11 is 0. The Hall–Kier alpha value is -2.39. The summed E-state index contributed by atoms with van der Waals surface area (Å²) in [5.41, 5.74) is -0.796. The highest BCUT2D eigenvalue weighted by molar-refractivity contribution is 5.67. The van der Waals surface area contributed by atoms with Gasteiger partial charge in [-0.25, -0.2) is 9.18 Å². The van der Waals surface area contributed by atoms with Gasteiger partial charge in [-0.3, -0.25) is 10.1 Å². The third-order valence-corrected chi connectivity index (χ3v) is 1.87. The average molecular weight is 282 g/mol. The van der Waals surface area contributed by atoms with E-state index < -0.39 is 35.4 Å². The molecule has 0 aliphatic rings. The Labute approximate surface area is 103 Å². The maximum atomic E-state index is 13.2. The third-order valence-electron chi connectivity index (χ3n) is 1.87. The topological polar surface area (TPSA) is 81.5 Å². The Balaban J connectivity index is 2.70. The van der Waals surface area contributed by atoms with E-state index in [2.05, 4.69) is 4.74 Å². The zero-order chi connectivity index (χ0) is 14.6. The summed E-state index contributed by atoms with van der Waals surface area (Å²) in [4.78, 5) is 20.3. The standard InChI is InChI=1S/C9H6F4N2O4/c10-7-2-1-6(15(17)18)3-5(7)4-14-8(16)19-9(11,12)13/h1-3H,4H2,(H,14,16). The molecule has 0 atom stereocenters. The van der Waals surface area contributed by atoms with Gasteiger partial charge in [0.25, 0.3) is 5.69 Å². The van der Waals surface area contributed by atoms with Crippen molar-refractivity contribution in [2.75, 3.05) is 0 Å². The number of benzene rings is 1. The first-order chi connectivity index (χ1) is 8.69. The molecule has 0 saturated heterocycles. The molecular weight excluding hydrogens is 276 g/mol. The second-order valence-electron chi connectivity index (χ2n) is 3.22. The molecule has 1 rings (SSSR count). The lowest BCUT2D eigenvalue weighted by molar-refractivity contribution is -0.385. The predicted molar refractivity (Wildman–Crippen MR) is 52.4 cm³/mol. The fourth-order valence-electron chi connectivity index (χ4n) is 1.12. The number of nitro benzene ring substituents is 1. The Morgan fingerprint density at radius 2 is 2.05 bits per heavy atom. The van der Waals surface area contributed by atoms with Crippen molar-refractivity contribution in [3.8, 4) is 0 Å². The number of alkyl carbamates (subject to hydrolysis) is 1. The van der Waals surface area contributed by atoms with Crippen LogP contribution in [0.2, 0.25) is 0 Å². The van der Waals surface area contributed by atoms with Crippen LogP contribution in [-0.2, 0) is 11.3 Å². The second kappa shape index (κ2) is 5.50. The number of nitro groups is 1. The Morgan fingerprint density at radius 3 is 2.58 bits per heavy atom. The first-order valence-electron chi connectivity index (χ1n) is 4.65. The molecule has 0 aliphatic heterocycles. The van der Waals surface area contributed by atoms with Crippen molar-refractivity contribution in [1.29, 1.82) is 0 Å². The van der Waals surface area contributed by atoms with Gasteiger partial charge in [-0.05, 0) is 6.07 Å². The van der Waals surface area contributed by atoms with Gasteiger partial charge in [0, 0.05) is 24.2 Å². The lowest BCUT2D eigenvalue weighted by atomic mass is 10.2. The number of nitrogens with zero attached hydrogens (tertiary/aromatic N) is 1. The zero-order valence-corrected chi connectivity index (χ0v) is 9.03. The number of hydrogen-bond acceptors (Lipinski definition) is 4. The molecule has 0 aromatic heterocycles. The van der Waals surface area contributed by atoms with E-state index in [9.17, 15) is 32.5 Å². The van der Waals surface area contributed by atoms with Gasteiger partial charge in [0.1, 0.15) is 5.82 Å². The van der Waals surface area contributed by atoms with Crippen molar-refractivity contribution in [3.63, 3.8) is 0 Å². The Morgan fingerprint density at radius 1 is 1.42 bits per heavy atom. The number of amides is 1. The van der Waals surface area contributed by atoms with Crippen LogP contribution >= 0.6 is 0 Å². The predicted octanol–water partition coefficient (Wildman–Crippen LogP) is 2.48. The minimum atomic E-state index is -5.16. The Bertz CT molecular complexity index is 503. The monoisotopic (exact) mass is 282 g/mol. The van der Waals surface area contributed by atoms with Crippen LogP contribution < -0.4 is 5.32 Å². The molecule has 1 aromatic carbocycles. The normalized spacial score (nSPS) is 10.9. The first-order valence-corrected chi connectivity index (χ1v) is 4.65. The van der Waals surface area contributed by atoms with Crippen LogP contribution in [0.5, 0.6) is 0 Å². The largest absolute Gasteiger partial charge is 0.576 e. The molecule has 0 spiro atoms. The number of ether oxygens (including phenoxy) is 1. The maximum absolute atomic E-state index is 13.2. The fraction of sp³-hybridized carbons (Fsp3) is 0.222. The third kappa shape index (κ3) is 4.77. The van der Waals surface area contributed by atoms with Gasteiger partial charge >= 0.3 is 12.5 Å². The molecule has 19 heavy (non-hydrogen) atoms. The molecule has 1 amide bonds. The van der Waals surface area contributed by atoms with Crippen molar-refractivity contribution >= 4 is 11.8 Å². The van der Waals surface area contributed by atoms with Gasteiger partial charge in [0.2, 0.25) is 0 Å². The molecule has 6 nitrogen and oxygen atoms in total. The zero-order valence-electron chi connectivity index (χ0n) is 9.03. The summed E-state index contributed by atoms with van der Waals surface area (Å²) < 4.78 is 51.1. The highest BCUT2D eigenvalue weighted by Crippen LogP contribution is 2.18. The molecule has 10 heteroatoms. The molecular formula is C9H6F4N2O4. The van der Waals surface area contributed by atoms with Crippen molar-refractivity contribution in [2.24, 2.45) is 0 Å². The summed E-state index contributed by atoms with van der Waals surface area (Å²) in [5.74, 6) is -0.905. The van der Waals surface area contributed by atoms with Gasteiger partial charge in [-0.15, -0.1) is 13.2 Å². The van der Waals surface area contributed by atoms with Gasteiger partial charge in [0.15, 0.2) is 0 Å². The van der Waals surface area contributed by atoms with Crippen LogP contribution in [0, 0.1) is 15.9 Å². The quantitative estimate of drug-likeness (QED) is 0.524. The number of alkyl halides is 3. The van der Waals surface area contributed by atoms with Crippen molar-refractivity contribution in [3.05, 3.63) is 39.7 Å². The van der Waals surface area contributed by atoms with E-state index in [1.54, 1.807) is 5.32 Å². The molecule has 1 aromatic rings. The van der Waals surface area contributed by atoms with Gasteiger partial charge in [-0.1, -0.05) is 0 Å². The number of non-ortho nitro benzene ring substituents is 1. The minimum Gasteiger partial charge on any atom is -0.356 e. The van der Waals surface area contributed by atoms with Crippen LogP contribution in [0.3, 0.4) is 0 Å². The average Bonchev–Trinajstić information content (AvgIpc) is 2.25. The summed E-state index contributed by atoms with van der Waals surface area (Å²) in [6.07, 6.45) is -7.00. The van der Waals surface area contributed by atoms with Crippen molar-refractivity contribution in [1.82, 2.24) is 5.32 Å². The Kier molecular flexibility index (Phi) is 4.25. The maximum Gasteiger partial charge on any atom is 0.576 e. The number of nitrogens with one attached hydrogen (secondary N) is 1.